The third-order valence-corrected chi connectivity index (χ3v) is 8.36. The molecule has 0 spiro atoms. The lowest BCUT2D eigenvalue weighted by Gasteiger charge is -2.47. The predicted octanol–water partition coefficient (Wildman–Crippen LogP) is 5.24. The molecule has 1 saturated carbocycles. The third-order valence-electron chi connectivity index (χ3n) is 8.36. The molecular formula is C29H24F2N6O2. The number of nitriles is 1. The number of rotatable bonds is 4. The van der Waals surface area contributed by atoms with Crippen molar-refractivity contribution in [2.45, 2.75) is 56.7 Å². The van der Waals surface area contributed by atoms with Crippen LogP contribution in [0.15, 0.2) is 48.8 Å². The van der Waals surface area contributed by atoms with Gasteiger partial charge in [0, 0.05) is 41.4 Å². The van der Waals surface area contributed by atoms with Crippen molar-refractivity contribution in [3.63, 3.8) is 0 Å². The van der Waals surface area contributed by atoms with E-state index in [9.17, 15) is 18.8 Å². The zero-order valence-electron chi connectivity index (χ0n) is 21.1. The Morgan fingerprint density at radius 3 is 2.67 bits per heavy atom. The van der Waals surface area contributed by atoms with Crippen LogP contribution in [0.2, 0.25) is 0 Å². The average molecular weight is 527 g/mol. The number of carbonyl (C=O) groups excluding carboxylic acids is 1. The first-order valence-corrected chi connectivity index (χ1v) is 12.8. The fourth-order valence-corrected chi connectivity index (χ4v) is 6.78. The molecule has 2 aromatic carbocycles. The number of nitrogens with two attached hydrogens (primary N) is 1. The number of carbonyl (C=O) groups is 1. The molecule has 2 aliphatic carbocycles. The molecule has 10 heteroatoms. The highest BCUT2D eigenvalue weighted by Crippen LogP contribution is 2.52. The fourth-order valence-electron chi connectivity index (χ4n) is 6.78. The standard InChI is InChI=1S/C29H24F2N6O2/c1-28(14-32)12-29(33,13-28)26-34-10-17(11-35-26)15-5-6-19-20(7-15)37-21-8-16(25(37)36-19)9-22(38)18-3-2-4-23(24(18)21)39-27(30)31/h2-7,10-11,16,21,27H,8-9,12-13,33H2,1H3/t16-,21+,28-,29+/m0/s1. The van der Waals surface area contributed by atoms with Crippen molar-refractivity contribution in [1.29, 1.82) is 5.26 Å². The number of Topliss-reactive ketones (excluding diaryl/α,β-unsaturated/α-hetero) is 1. The maximum absolute atomic E-state index is 13.3. The van der Waals surface area contributed by atoms with Gasteiger partial charge in [0.15, 0.2) is 5.78 Å². The third kappa shape index (κ3) is 3.57. The number of ketones is 1. The number of imidazole rings is 1. The quantitative estimate of drug-likeness (QED) is 0.386. The lowest BCUT2D eigenvalue weighted by Crippen LogP contribution is -2.54. The second-order valence-corrected chi connectivity index (χ2v) is 11.2. The number of benzene rings is 2. The van der Waals surface area contributed by atoms with Crippen molar-refractivity contribution >= 4 is 16.8 Å². The number of hydrogen-bond acceptors (Lipinski definition) is 7. The molecular weight excluding hydrogens is 502 g/mol. The summed E-state index contributed by atoms with van der Waals surface area (Å²) in [5.41, 5.74) is 9.47. The number of hydrogen-bond donors (Lipinski definition) is 1. The van der Waals surface area contributed by atoms with Crippen LogP contribution in [0.4, 0.5) is 8.78 Å². The summed E-state index contributed by atoms with van der Waals surface area (Å²) in [6.45, 7) is -1.11. The van der Waals surface area contributed by atoms with E-state index in [4.69, 9.17) is 15.5 Å². The van der Waals surface area contributed by atoms with Gasteiger partial charge in [0.25, 0.3) is 0 Å². The Hall–Kier alpha value is -4.23. The van der Waals surface area contributed by atoms with Gasteiger partial charge in [-0.1, -0.05) is 18.2 Å². The molecule has 0 unspecified atom stereocenters. The predicted molar refractivity (Wildman–Crippen MR) is 137 cm³/mol. The van der Waals surface area contributed by atoms with Crippen molar-refractivity contribution in [1.82, 2.24) is 19.5 Å². The summed E-state index contributed by atoms with van der Waals surface area (Å²) >= 11 is 0. The van der Waals surface area contributed by atoms with Gasteiger partial charge < -0.3 is 15.0 Å². The fraction of sp³-hybridized carbons (Fsp3) is 0.345. The molecule has 2 atom stereocenters. The van der Waals surface area contributed by atoms with E-state index in [1.54, 1.807) is 24.5 Å². The molecule has 196 valence electrons. The maximum Gasteiger partial charge on any atom is 0.387 e. The lowest BCUT2D eigenvalue weighted by atomic mass is 9.59. The van der Waals surface area contributed by atoms with Crippen molar-refractivity contribution in [3.05, 3.63) is 71.6 Å². The molecule has 2 bridgehead atoms. The molecule has 1 fully saturated rings. The van der Waals surface area contributed by atoms with E-state index in [1.807, 2.05) is 25.1 Å². The van der Waals surface area contributed by atoms with Crippen LogP contribution in [-0.4, -0.2) is 31.9 Å². The molecule has 2 aromatic heterocycles. The first-order chi connectivity index (χ1) is 18.7. The highest BCUT2D eigenvalue weighted by atomic mass is 19.3. The molecule has 2 N–H and O–H groups in total. The van der Waals surface area contributed by atoms with Crippen molar-refractivity contribution in [2.24, 2.45) is 11.1 Å². The smallest absolute Gasteiger partial charge is 0.387 e. The van der Waals surface area contributed by atoms with Gasteiger partial charge in [-0.2, -0.15) is 14.0 Å². The van der Waals surface area contributed by atoms with Crippen molar-refractivity contribution in [2.75, 3.05) is 0 Å². The van der Waals surface area contributed by atoms with Crippen LogP contribution in [0.25, 0.3) is 22.2 Å². The largest absolute Gasteiger partial charge is 0.434 e. The number of halogens is 2. The minimum Gasteiger partial charge on any atom is -0.434 e. The molecule has 7 rings (SSSR count). The molecule has 3 aliphatic rings. The Morgan fingerprint density at radius 2 is 1.95 bits per heavy atom. The van der Waals surface area contributed by atoms with E-state index in [-0.39, 0.29) is 29.9 Å². The van der Waals surface area contributed by atoms with Gasteiger partial charge >= 0.3 is 6.61 Å². The molecule has 0 radical (unpaired) electrons. The van der Waals surface area contributed by atoms with Crippen molar-refractivity contribution in [3.8, 4) is 22.9 Å². The highest BCUT2D eigenvalue weighted by molar-refractivity contribution is 6.00. The number of fused-ring (bicyclic) bond motifs is 9. The first-order valence-electron chi connectivity index (χ1n) is 12.8. The van der Waals surface area contributed by atoms with Crippen LogP contribution in [0, 0.1) is 16.7 Å². The van der Waals surface area contributed by atoms with Crippen LogP contribution < -0.4 is 10.5 Å². The molecule has 4 aromatic rings. The number of aromatic nitrogens is 4. The molecule has 1 aliphatic heterocycles. The van der Waals surface area contributed by atoms with E-state index < -0.39 is 17.6 Å². The van der Waals surface area contributed by atoms with Gasteiger partial charge in [0.1, 0.15) is 17.4 Å². The van der Waals surface area contributed by atoms with Crippen LogP contribution in [0.5, 0.6) is 5.75 Å². The number of ether oxygens (including phenoxy) is 1. The van der Waals surface area contributed by atoms with Crippen LogP contribution in [0.3, 0.4) is 0 Å². The van der Waals surface area contributed by atoms with Gasteiger partial charge in [-0.25, -0.2) is 15.0 Å². The van der Waals surface area contributed by atoms with Gasteiger partial charge in [0.05, 0.1) is 34.1 Å². The maximum atomic E-state index is 13.3. The Bertz CT molecular complexity index is 1700. The zero-order valence-corrected chi connectivity index (χ0v) is 21.1. The lowest BCUT2D eigenvalue weighted by molar-refractivity contribution is -0.0507. The summed E-state index contributed by atoms with van der Waals surface area (Å²) in [4.78, 5) is 27.0. The molecule has 0 saturated heterocycles. The van der Waals surface area contributed by atoms with Crippen LogP contribution in [0.1, 0.15) is 72.1 Å². The summed E-state index contributed by atoms with van der Waals surface area (Å²) in [6, 6.07) is 12.6. The van der Waals surface area contributed by atoms with Crippen molar-refractivity contribution < 1.29 is 18.3 Å². The Kier molecular flexibility index (Phi) is 4.98. The summed E-state index contributed by atoms with van der Waals surface area (Å²) in [7, 11) is 0. The van der Waals surface area contributed by atoms with Crippen LogP contribution >= 0.6 is 0 Å². The summed E-state index contributed by atoms with van der Waals surface area (Å²) in [5.74, 6) is 1.11. The Balaban J connectivity index is 1.29. The van der Waals surface area contributed by atoms with E-state index in [0.717, 1.165) is 28.0 Å². The average Bonchev–Trinajstić information content (AvgIpc) is 3.39. The van der Waals surface area contributed by atoms with Gasteiger partial charge in [-0.05, 0) is 49.9 Å². The topological polar surface area (TPSA) is 120 Å². The summed E-state index contributed by atoms with van der Waals surface area (Å²) in [5, 5.41) is 9.34. The Labute approximate surface area is 222 Å². The Morgan fingerprint density at radius 1 is 1.18 bits per heavy atom. The van der Waals surface area contributed by atoms with Crippen LogP contribution in [-0.2, 0) is 5.54 Å². The monoisotopic (exact) mass is 526 g/mol. The minimum absolute atomic E-state index is 0.0237. The SMILES string of the molecule is C[C@]1(C#N)C[C@](N)(c2ncc(-c3ccc4nc5n(c4c3)[C@@H]3C[C@H]5CC(=O)c4cccc(OC(F)F)c43)cn2)C1. The zero-order chi connectivity index (χ0) is 27.1. The molecule has 3 heterocycles. The van der Waals surface area contributed by atoms with E-state index >= 15 is 0 Å². The van der Waals surface area contributed by atoms with E-state index in [2.05, 4.69) is 20.6 Å². The van der Waals surface area contributed by atoms with Gasteiger partial charge in [-0.15, -0.1) is 0 Å². The molecule has 0 amide bonds. The normalized spacial score (nSPS) is 27.0. The molecule has 39 heavy (non-hydrogen) atoms. The second kappa shape index (κ2) is 8.13. The first kappa shape index (κ1) is 23.9. The summed E-state index contributed by atoms with van der Waals surface area (Å²) < 4.78 is 33.5. The van der Waals surface area contributed by atoms with E-state index in [1.165, 1.54) is 6.07 Å². The molecule has 8 nitrogen and oxygen atoms in total. The second-order valence-electron chi connectivity index (χ2n) is 11.2. The highest BCUT2D eigenvalue weighted by Gasteiger charge is 2.52. The minimum atomic E-state index is -3.00. The number of alkyl halides is 2. The van der Waals surface area contributed by atoms with E-state index in [0.29, 0.717) is 36.2 Å². The number of nitrogens with zero attached hydrogens (tertiary/aromatic N) is 5. The van der Waals surface area contributed by atoms with Gasteiger partial charge in [0.2, 0.25) is 0 Å². The van der Waals surface area contributed by atoms with Gasteiger partial charge in [-0.3, -0.25) is 4.79 Å². The summed E-state index contributed by atoms with van der Waals surface area (Å²) in [6.07, 6.45) is 5.32.